The molecule has 3 nitrogen and oxygen atoms in total. The Balaban J connectivity index is 2.40. The van der Waals surface area contributed by atoms with Crippen molar-refractivity contribution in [3.8, 4) is 0 Å². The number of carboxylic acids is 1. The highest BCUT2D eigenvalue weighted by Crippen LogP contribution is 2.46. The second-order valence-electron chi connectivity index (χ2n) is 5.89. The lowest BCUT2D eigenvalue weighted by Crippen LogP contribution is -2.19. The molecule has 0 spiro atoms. The molecule has 20 heavy (non-hydrogen) atoms. The second-order valence-corrected chi connectivity index (χ2v) is 9.52. The molecule has 0 aliphatic carbocycles. The van der Waals surface area contributed by atoms with E-state index >= 15 is 0 Å². The van der Waals surface area contributed by atoms with Gasteiger partial charge in [-0.2, -0.15) is 11.8 Å². The number of aromatic nitrogens is 1. The summed E-state index contributed by atoms with van der Waals surface area (Å²) in [5.41, 5.74) is 0.507. The predicted octanol–water partition coefficient (Wildman–Crippen LogP) is 4.44. The fourth-order valence-electron chi connectivity index (χ4n) is 2.24. The summed E-state index contributed by atoms with van der Waals surface area (Å²) >= 11 is 5.30. The van der Waals surface area contributed by atoms with Crippen molar-refractivity contribution in [1.82, 2.24) is 4.98 Å². The fraction of sp³-hybridized carbons (Fsp3) is 0.714. The summed E-state index contributed by atoms with van der Waals surface area (Å²) in [6.07, 6.45) is 1.11. The van der Waals surface area contributed by atoms with E-state index in [9.17, 15) is 9.90 Å². The van der Waals surface area contributed by atoms with Gasteiger partial charge in [-0.15, -0.1) is 23.1 Å². The molecule has 1 aromatic heterocycles. The van der Waals surface area contributed by atoms with Gasteiger partial charge < -0.3 is 5.11 Å². The van der Waals surface area contributed by atoms with Crippen LogP contribution in [0.5, 0.6) is 0 Å². The van der Waals surface area contributed by atoms with Crippen LogP contribution in [0.1, 0.15) is 59.7 Å². The monoisotopic (exact) mass is 331 g/mol. The van der Waals surface area contributed by atoms with Crippen molar-refractivity contribution < 1.29 is 9.90 Å². The Kier molecular flexibility index (Phi) is 5.08. The minimum Gasteiger partial charge on any atom is -0.477 e. The van der Waals surface area contributed by atoms with Gasteiger partial charge in [-0.3, -0.25) is 0 Å². The van der Waals surface area contributed by atoms with E-state index in [2.05, 4.69) is 6.92 Å². The molecule has 2 heterocycles. The Morgan fingerprint density at radius 3 is 2.50 bits per heavy atom. The smallest absolute Gasteiger partial charge is 0.347 e. The van der Waals surface area contributed by atoms with Crippen molar-refractivity contribution in [3.05, 3.63) is 15.6 Å². The van der Waals surface area contributed by atoms with Crippen molar-refractivity contribution in [1.29, 1.82) is 0 Å². The second kappa shape index (κ2) is 6.28. The van der Waals surface area contributed by atoms with Crippen LogP contribution in [-0.2, 0) is 5.41 Å². The van der Waals surface area contributed by atoms with Gasteiger partial charge in [-0.25, -0.2) is 9.78 Å². The van der Waals surface area contributed by atoms with E-state index < -0.39 is 5.97 Å². The Morgan fingerprint density at radius 2 is 2.00 bits per heavy atom. The molecule has 1 N–H and O–H groups in total. The minimum atomic E-state index is -0.847. The lowest BCUT2D eigenvalue weighted by molar-refractivity contribution is 0.0699. The van der Waals surface area contributed by atoms with Gasteiger partial charge in [0.25, 0.3) is 0 Å². The highest BCUT2D eigenvalue weighted by molar-refractivity contribution is 8.06. The molecule has 0 radical (unpaired) electrons. The molecule has 1 fully saturated rings. The first kappa shape index (κ1) is 16.2. The van der Waals surface area contributed by atoms with Crippen LogP contribution < -0.4 is 0 Å². The molecule has 112 valence electrons. The molecular weight excluding hydrogens is 310 g/mol. The molecule has 0 bridgehead atoms. The number of rotatable bonds is 3. The summed E-state index contributed by atoms with van der Waals surface area (Å²) in [7, 11) is 0. The first-order valence-corrected chi connectivity index (χ1v) is 9.73. The first-order valence-electron chi connectivity index (χ1n) is 6.82. The maximum absolute atomic E-state index is 11.5. The molecule has 0 saturated carbocycles. The normalized spacial score (nSPS) is 23.8. The fourth-order valence-corrected chi connectivity index (χ4v) is 6.78. The summed E-state index contributed by atoms with van der Waals surface area (Å²) in [6, 6.07) is 0. The number of hydrogen-bond donors (Lipinski definition) is 1. The number of hydrogen-bond acceptors (Lipinski definition) is 5. The number of thiazole rings is 1. The van der Waals surface area contributed by atoms with E-state index in [1.54, 1.807) is 0 Å². The average molecular weight is 332 g/mol. The number of carbonyl (C=O) groups is 1. The van der Waals surface area contributed by atoms with Gasteiger partial charge in [0.1, 0.15) is 9.88 Å². The minimum absolute atomic E-state index is 0.226. The number of carboxylic acid groups (broad SMARTS) is 1. The zero-order valence-corrected chi connectivity index (χ0v) is 14.8. The first-order chi connectivity index (χ1) is 9.34. The van der Waals surface area contributed by atoms with Crippen LogP contribution >= 0.6 is 34.9 Å². The zero-order chi connectivity index (χ0) is 14.9. The average Bonchev–Trinajstić information content (AvgIpc) is 2.83. The van der Waals surface area contributed by atoms with Gasteiger partial charge in [0.15, 0.2) is 0 Å². The van der Waals surface area contributed by atoms with Crippen LogP contribution in [0.15, 0.2) is 0 Å². The zero-order valence-electron chi connectivity index (χ0n) is 12.3. The van der Waals surface area contributed by atoms with Crippen molar-refractivity contribution in [2.45, 2.75) is 50.0 Å². The van der Waals surface area contributed by atoms with Crippen molar-refractivity contribution in [2.24, 2.45) is 0 Å². The van der Waals surface area contributed by atoms with Gasteiger partial charge in [0, 0.05) is 22.2 Å². The molecule has 2 rings (SSSR count). The lowest BCUT2D eigenvalue weighted by atomic mass is 9.91. The maximum Gasteiger partial charge on any atom is 0.347 e. The topological polar surface area (TPSA) is 50.2 Å². The molecule has 6 heteroatoms. The third-order valence-corrected chi connectivity index (χ3v) is 7.78. The Bertz CT molecular complexity index is 493. The summed E-state index contributed by atoms with van der Waals surface area (Å²) < 4.78 is 0. The molecule has 1 aliphatic heterocycles. The Morgan fingerprint density at radius 1 is 1.35 bits per heavy atom. The third kappa shape index (κ3) is 3.34. The predicted molar refractivity (Wildman–Crippen MR) is 89.5 cm³/mol. The van der Waals surface area contributed by atoms with E-state index in [-0.39, 0.29) is 5.41 Å². The van der Waals surface area contributed by atoms with E-state index in [0.29, 0.717) is 15.4 Å². The highest BCUT2D eigenvalue weighted by Gasteiger charge is 2.33. The lowest BCUT2D eigenvalue weighted by Gasteiger charge is -2.28. The number of thioether (sulfide) groups is 2. The highest BCUT2D eigenvalue weighted by atomic mass is 32.2. The third-order valence-electron chi connectivity index (χ3n) is 3.24. The van der Waals surface area contributed by atoms with Gasteiger partial charge in [-0.1, -0.05) is 27.7 Å². The van der Waals surface area contributed by atoms with Crippen LogP contribution in [0.3, 0.4) is 0 Å². The van der Waals surface area contributed by atoms with Crippen LogP contribution in [-0.4, -0.2) is 32.8 Å². The van der Waals surface area contributed by atoms with Crippen LogP contribution in [0, 0.1) is 0 Å². The summed E-state index contributed by atoms with van der Waals surface area (Å²) in [4.78, 5) is 16.6. The largest absolute Gasteiger partial charge is 0.477 e. The number of aromatic carboxylic acids is 1. The van der Waals surface area contributed by atoms with Crippen molar-refractivity contribution in [3.63, 3.8) is 0 Å². The van der Waals surface area contributed by atoms with E-state index in [1.807, 2.05) is 44.3 Å². The van der Waals surface area contributed by atoms with Crippen LogP contribution in [0.25, 0.3) is 0 Å². The molecule has 1 saturated heterocycles. The van der Waals surface area contributed by atoms with Crippen molar-refractivity contribution >= 4 is 40.8 Å². The SMILES string of the molecule is CCC1SCCSC1c1nc(C(C)(C)C)c(C(=O)O)s1. The Labute approximate surface area is 133 Å². The van der Waals surface area contributed by atoms with Gasteiger partial charge in [0.2, 0.25) is 0 Å². The molecule has 1 aliphatic rings. The molecule has 1 aromatic rings. The van der Waals surface area contributed by atoms with Crippen LogP contribution in [0.2, 0.25) is 0 Å². The molecule has 2 atom stereocenters. The molecule has 0 amide bonds. The van der Waals surface area contributed by atoms with E-state index in [0.717, 1.165) is 22.9 Å². The molecule has 2 unspecified atom stereocenters. The quantitative estimate of drug-likeness (QED) is 0.887. The maximum atomic E-state index is 11.5. The van der Waals surface area contributed by atoms with Crippen molar-refractivity contribution in [2.75, 3.05) is 11.5 Å². The van der Waals surface area contributed by atoms with E-state index in [4.69, 9.17) is 4.98 Å². The molecule has 0 aromatic carbocycles. The summed E-state index contributed by atoms with van der Waals surface area (Å²) in [5, 5.41) is 11.3. The summed E-state index contributed by atoms with van der Waals surface area (Å²) in [5.74, 6) is 1.46. The van der Waals surface area contributed by atoms with Gasteiger partial charge in [0.05, 0.1) is 10.9 Å². The van der Waals surface area contributed by atoms with Gasteiger partial charge >= 0.3 is 5.97 Å². The molecular formula is C14H21NO2S3. The van der Waals surface area contributed by atoms with Crippen LogP contribution in [0.4, 0.5) is 0 Å². The number of nitrogens with zero attached hydrogens (tertiary/aromatic N) is 1. The summed E-state index contributed by atoms with van der Waals surface area (Å²) in [6.45, 7) is 8.28. The van der Waals surface area contributed by atoms with E-state index in [1.165, 1.54) is 17.1 Å². The van der Waals surface area contributed by atoms with Gasteiger partial charge in [-0.05, 0) is 6.42 Å². The standard InChI is InChI=1S/C14H21NO2S3/c1-5-8-9(19-7-6-18-8)12-15-11(14(2,3)4)10(20-12)13(16)17/h8-9H,5-7H2,1-4H3,(H,16,17). The Hall–Kier alpha value is -0.200.